The van der Waals surface area contributed by atoms with Crippen LogP contribution in [-0.4, -0.2) is 52.7 Å². The lowest BCUT2D eigenvalue weighted by atomic mass is 10.0. The maximum Gasteiger partial charge on any atom is 0.356 e. The summed E-state index contributed by atoms with van der Waals surface area (Å²) in [5.41, 5.74) is 1.86. The lowest BCUT2D eigenvalue weighted by Crippen LogP contribution is -2.70. The molecular weight excluding hydrogens is 484 g/mol. The summed E-state index contributed by atoms with van der Waals surface area (Å²) in [6.45, 7) is 0.0521. The number of methoxy groups -OCH3 is 1. The molecule has 0 saturated carbocycles. The monoisotopic (exact) mass is 508 g/mol. The van der Waals surface area contributed by atoms with Gasteiger partial charge in [0.25, 0.3) is 5.91 Å². The highest BCUT2D eigenvalue weighted by Crippen LogP contribution is 2.43. The Kier molecular flexibility index (Phi) is 8.06. The summed E-state index contributed by atoms with van der Waals surface area (Å²) in [5, 5.41) is 2.45. The van der Waals surface area contributed by atoms with Crippen LogP contribution in [0.15, 0.2) is 65.2 Å². The number of terminal acetylenes is 1. The number of fused-ring (bicyclic) bond motifs is 1. The summed E-state index contributed by atoms with van der Waals surface area (Å²) in [4.78, 5) is 40.8. The fraction of sp³-hybridized carbons (Fsp3) is 0.269. The quantitative estimate of drug-likeness (QED) is 0.317. The Hall–Kier alpha value is -3.35. The Balaban J connectivity index is 1.45. The van der Waals surface area contributed by atoms with Crippen LogP contribution in [0.2, 0.25) is 0 Å². The Morgan fingerprint density at radius 1 is 1.17 bits per heavy atom. The molecule has 7 nitrogen and oxygen atoms in total. The van der Waals surface area contributed by atoms with Gasteiger partial charge >= 0.3 is 5.97 Å². The molecule has 4 rings (SSSR count). The Labute approximate surface area is 212 Å². The molecule has 2 aromatic carbocycles. The molecule has 2 atom stereocenters. The Bertz CT molecular complexity index is 1170. The molecule has 2 heterocycles. The van der Waals surface area contributed by atoms with Crippen molar-refractivity contribution in [2.75, 3.05) is 18.6 Å². The number of rotatable bonds is 9. The molecule has 1 N–H and O–H groups in total. The van der Waals surface area contributed by atoms with Gasteiger partial charge in [0.2, 0.25) is 5.91 Å². The van der Waals surface area contributed by atoms with Crippen LogP contribution in [0.25, 0.3) is 0 Å². The third-order valence-corrected chi connectivity index (χ3v) is 7.97. The molecule has 180 valence electrons. The van der Waals surface area contributed by atoms with E-state index in [1.54, 1.807) is 31.4 Å². The number of thioether (sulfide) groups is 2. The first-order valence-corrected chi connectivity index (χ1v) is 12.9. The first-order chi connectivity index (χ1) is 17.0. The number of carbonyl (C=O) groups is 3. The normalized spacial score (nSPS) is 18.7. The molecule has 0 bridgehead atoms. The summed E-state index contributed by atoms with van der Waals surface area (Å²) in [5.74, 6) is 2.96. The molecule has 0 spiro atoms. The van der Waals surface area contributed by atoms with Gasteiger partial charge in [-0.25, -0.2) is 4.79 Å². The highest BCUT2D eigenvalue weighted by atomic mass is 32.2. The van der Waals surface area contributed by atoms with Crippen LogP contribution in [-0.2, 0) is 32.1 Å². The van der Waals surface area contributed by atoms with Gasteiger partial charge in [0.05, 0.1) is 19.3 Å². The summed E-state index contributed by atoms with van der Waals surface area (Å²) >= 11 is 2.84. The summed E-state index contributed by atoms with van der Waals surface area (Å²) in [6.07, 6.45) is 5.59. The molecule has 0 aromatic heterocycles. The van der Waals surface area contributed by atoms with Crippen molar-refractivity contribution >= 4 is 41.3 Å². The van der Waals surface area contributed by atoms with Crippen molar-refractivity contribution in [3.05, 3.63) is 76.3 Å². The van der Waals surface area contributed by atoms with E-state index in [0.717, 1.165) is 11.1 Å². The van der Waals surface area contributed by atoms with Crippen LogP contribution < -0.4 is 10.1 Å². The minimum atomic E-state index is -0.695. The standard InChI is InChI=1S/C26H24N2O5S2/c1-3-13-34-20-16-35-25-22(27-21(29)14-17-7-5-4-6-8-17)24(30)28(25)23(20)26(31)33-15-18-9-11-19(32-2)12-10-18/h1,4-12,22,25H,13-16H2,2H3,(H,27,29)/t22-,25-/m1/s1. The zero-order valence-corrected chi connectivity index (χ0v) is 20.7. The van der Waals surface area contributed by atoms with E-state index in [-0.39, 0.29) is 35.9 Å². The fourth-order valence-corrected chi connectivity index (χ4v) is 6.07. The van der Waals surface area contributed by atoms with Gasteiger partial charge in [-0.1, -0.05) is 48.4 Å². The molecule has 9 heteroatoms. The SMILES string of the molecule is C#CCSC1=C(C(=O)OCc2ccc(OC)cc2)N2C(=O)[C@@H](NC(=O)Cc3ccccc3)[C@H]2SC1. The van der Waals surface area contributed by atoms with Crippen molar-refractivity contribution in [2.24, 2.45) is 0 Å². The number of hydrogen-bond acceptors (Lipinski definition) is 7. The summed E-state index contributed by atoms with van der Waals surface area (Å²) < 4.78 is 10.7. The van der Waals surface area contributed by atoms with Gasteiger partial charge in [0.1, 0.15) is 29.5 Å². The fourth-order valence-electron chi connectivity index (χ4n) is 3.76. The lowest BCUT2D eigenvalue weighted by Gasteiger charge is -2.49. The first-order valence-electron chi connectivity index (χ1n) is 10.9. The van der Waals surface area contributed by atoms with Gasteiger partial charge in [-0.3, -0.25) is 14.5 Å². The predicted octanol–water partition coefficient (Wildman–Crippen LogP) is 2.96. The number of benzene rings is 2. The zero-order valence-electron chi connectivity index (χ0n) is 19.1. The highest BCUT2D eigenvalue weighted by molar-refractivity contribution is 8.06. The van der Waals surface area contributed by atoms with E-state index in [1.165, 1.54) is 28.4 Å². The lowest BCUT2D eigenvalue weighted by molar-refractivity contribution is -0.153. The average Bonchev–Trinajstić information content (AvgIpc) is 2.89. The summed E-state index contributed by atoms with van der Waals surface area (Å²) in [7, 11) is 1.58. The second-order valence-corrected chi connectivity index (χ2v) is 9.98. The largest absolute Gasteiger partial charge is 0.497 e. The average molecular weight is 509 g/mol. The highest BCUT2D eigenvalue weighted by Gasteiger charge is 2.54. The molecule has 2 amide bonds. The number of ether oxygens (including phenoxy) is 2. The number of esters is 1. The van der Waals surface area contributed by atoms with E-state index >= 15 is 0 Å². The van der Waals surface area contributed by atoms with Crippen molar-refractivity contribution in [1.29, 1.82) is 0 Å². The molecule has 2 aliphatic heterocycles. The number of nitrogens with zero attached hydrogens (tertiary/aromatic N) is 1. The van der Waals surface area contributed by atoms with E-state index in [4.69, 9.17) is 15.9 Å². The van der Waals surface area contributed by atoms with Crippen LogP contribution in [0.3, 0.4) is 0 Å². The van der Waals surface area contributed by atoms with Gasteiger partial charge in [-0.05, 0) is 23.3 Å². The van der Waals surface area contributed by atoms with Crippen LogP contribution in [0, 0.1) is 12.3 Å². The second-order valence-electron chi connectivity index (χ2n) is 7.81. The van der Waals surface area contributed by atoms with Crippen LogP contribution in [0.1, 0.15) is 11.1 Å². The van der Waals surface area contributed by atoms with Gasteiger partial charge in [-0.15, -0.1) is 29.9 Å². The van der Waals surface area contributed by atoms with E-state index < -0.39 is 12.0 Å². The maximum atomic E-state index is 13.1. The molecule has 0 aliphatic carbocycles. The Morgan fingerprint density at radius 3 is 2.60 bits per heavy atom. The number of β-lactam (4-membered cyclic amide) rings is 1. The van der Waals surface area contributed by atoms with Gasteiger partial charge < -0.3 is 14.8 Å². The molecule has 1 saturated heterocycles. The third-order valence-electron chi connectivity index (χ3n) is 5.51. The number of carbonyl (C=O) groups excluding carboxylic acids is 3. The molecule has 2 aromatic rings. The van der Waals surface area contributed by atoms with E-state index in [2.05, 4.69) is 11.2 Å². The third kappa shape index (κ3) is 5.66. The summed E-state index contributed by atoms with van der Waals surface area (Å²) in [6, 6.07) is 15.8. The van der Waals surface area contributed by atoms with Gasteiger partial charge in [-0.2, -0.15) is 0 Å². The van der Waals surface area contributed by atoms with Crippen molar-refractivity contribution in [1.82, 2.24) is 10.2 Å². The van der Waals surface area contributed by atoms with E-state index in [1.807, 2.05) is 30.3 Å². The van der Waals surface area contributed by atoms with Crippen LogP contribution in [0.5, 0.6) is 5.75 Å². The van der Waals surface area contributed by atoms with Gasteiger partial charge in [0.15, 0.2) is 0 Å². The van der Waals surface area contributed by atoms with E-state index in [0.29, 0.717) is 22.2 Å². The van der Waals surface area contributed by atoms with Crippen LogP contribution >= 0.6 is 23.5 Å². The minimum Gasteiger partial charge on any atom is -0.497 e. The second kappa shape index (κ2) is 11.4. The van der Waals surface area contributed by atoms with Gasteiger partial charge in [0, 0.05) is 10.7 Å². The van der Waals surface area contributed by atoms with E-state index in [9.17, 15) is 14.4 Å². The molecule has 2 aliphatic rings. The molecule has 1 fully saturated rings. The first kappa shape index (κ1) is 24.8. The predicted molar refractivity (Wildman–Crippen MR) is 136 cm³/mol. The van der Waals surface area contributed by atoms with Crippen molar-refractivity contribution in [3.63, 3.8) is 0 Å². The minimum absolute atomic E-state index is 0.0521. The molecule has 0 unspecified atom stereocenters. The van der Waals surface area contributed by atoms with Crippen molar-refractivity contribution < 1.29 is 23.9 Å². The number of amides is 2. The smallest absolute Gasteiger partial charge is 0.356 e. The molecule has 0 radical (unpaired) electrons. The topological polar surface area (TPSA) is 84.9 Å². The maximum absolute atomic E-state index is 13.1. The Morgan fingerprint density at radius 2 is 1.91 bits per heavy atom. The molecule has 35 heavy (non-hydrogen) atoms. The zero-order chi connectivity index (χ0) is 24.8. The molecular formula is C26H24N2O5S2. The van der Waals surface area contributed by atoms with Crippen molar-refractivity contribution in [2.45, 2.75) is 24.4 Å². The number of nitrogens with one attached hydrogen (secondary N) is 1. The number of hydrogen-bond donors (Lipinski definition) is 1. The van der Waals surface area contributed by atoms with Crippen molar-refractivity contribution in [3.8, 4) is 18.1 Å². The van der Waals surface area contributed by atoms with Crippen LogP contribution in [0.4, 0.5) is 0 Å².